The molecule has 154 valence electrons. The van der Waals surface area contributed by atoms with Crippen LogP contribution >= 0.6 is 0 Å². The average Bonchev–Trinajstić information content (AvgIpc) is 2.67. The van der Waals surface area contributed by atoms with Crippen molar-refractivity contribution in [2.24, 2.45) is 11.8 Å². The number of hydrogen-bond donors (Lipinski definition) is 1. The minimum absolute atomic E-state index is 0.111. The highest BCUT2D eigenvalue weighted by Crippen LogP contribution is 2.31. The van der Waals surface area contributed by atoms with Gasteiger partial charge in [-0.25, -0.2) is 4.79 Å². The van der Waals surface area contributed by atoms with Crippen molar-refractivity contribution in [1.82, 2.24) is 4.90 Å². The number of amides is 2. The molecule has 2 amide bonds. The van der Waals surface area contributed by atoms with Crippen LogP contribution in [0.2, 0.25) is 0 Å². The number of urea groups is 1. The standard InChI is InChI=1S/C23H34N2O3/c1-16(2)14-25(15-18-7-9-19(10-8-18)17(3)4)23(26)24-21-12-11-20(27-5)13-22(21)28-6/h7,11-13,16,19H,3,8-10,14-15H2,1-2,4-6H3,(H,24,26). The zero-order valence-corrected chi connectivity index (χ0v) is 17.9. The van der Waals surface area contributed by atoms with E-state index in [0.29, 0.717) is 42.1 Å². The van der Waals surface area contributed by atoms with Crippen molar-refractivity contribution in [3.8, 4) is 11.5 Å². The number of benzene rings is 1. The summed E-state index contributed by atoms with van der Waals surface area (Å²) in [6.07, 6.45) is 5.45. The summed E-state index contributed by atoms with van der Waals surface area (Å²) < 4.78 is 10.6. The lowest BCUT2D eigenvalue weighted by molar-refractivity contribution is 0.208. The van der Waals surface area contributed by atoms with Crippen molar-refractivity contribution in [3.63, 3.8) is 0 Å². The summed E-state index contributed by atoms with van der Waals surface area (Å²) in [5, 5.41) is 3.00. The Hall–Kier alpha value is -2.43. The molecule has 0 fully saturated rings. The molecule has 1 aliphatic carbocycles. The van der Waals surface area contributed by atoms with Crippen LogP contribution in [0.1, 0.15) is 40.0 Å². The van der Waals surface area contributed by atoms with E-state index in [9.17, 15) is 4.79 Å². The molecule has 0 spiro atoms. The zero-order valence-electron chi connectivity index (χ0n) is 17.9. The number of hydrogen-bond acceptors (Lipinski definition) is 3. The van der Waals surface area contributed by atoms with Gasteiger partial charge in [0, 0.05) is 19.2 Å². The average molecular weight is 387 g/mol. The number of allylic oxidation sites excluding steroid dienone is 2. The van der Waals surface area contributed by atoms with Crippen LogP contribution in [0.5, 0.6) is 11.5 Å². The summed E-state index contributed by atoms with van der Waals surface area (Å²) >= 11 is 0. The number of anilines is 1. The normalized spacial score (nSPS) is 16.4. The lowest BCUT2D eigenvalue weighted by Crippen LogP contribution is -2.39. The quantitative estimate of drug-likeness (QED) is 0.601. The van der Waals surface area contributed by atoms with Crippen molar-refractivity contribution in [1.29, 1.82) is 0 Å². The van der Waals surface area contributed by atoms with Gasteiger partial charge in [-0.3, -0.25) is 0 Å². The Bertz CT molecular complexity index is 725. The minimum atomic E-state index is -0.111. The molecule has 0 saturated heterocycles. The lowest BCUT2D eigenvalue weighted by atomic mass is 9.85. The fourth-order valence-electron chi connectivity index (χ4n) is 3.48. The number of carbonyl (C=O) groups excluding carboxylic acids is 1. The molecule has 0 bridgehead atoms. The molecule has 0 aliphatic heterocycles. The highest BCUT2D eigenvalue weighted by atomic mass is 16.5. The number of ether oxygens (including phenoxy) is 2. The van der Waals surface area contributed by atoms with Gasteiger partial charge < -0.3 is 19.7 Å². The van der Waals surface area contributed by atoms with E-state index in [-0.39, 0.29) is 6.03 Å². The largest absolute Gasteiger partial charge is 0.497 e. The monoisotopic (exact) mass is 386 g/mol. The zero-order chi connectivity index (χ0) is 20.7. The molecule has 1 aliphatic rings. The van der Waals surface area contributed by atoms with E-state index in [0.717, 1.165) is 19.3 Å². The second-order valence-electron chi connectivity index (χ2n) is 7.95. The van der Waals surface area contributed by atoms with Gasteiger partial charge in [-0.1, -0.05) is 37.6 Å². The van der Waals surface area contributed by atoms with Gasteiger partial charge in [0.05, 0.1) is 19.9 Å². The summed E-state index contributed by atoms with van der Waals surface area (Å²) in [6, 6.07) is 5.27. The van der Waals surface area contributed by atoms with E-state index >= 15 is 0 Å². The smallest absolute Gasteiger partial charge is 0.322 e. The summed E-state index contributed by atoms with van der Waals surface area (Å²) in [7, 11) is 3.19. The predicted molar refractivity (Wildman–Crippen MR) is 115 cm³/mol. The van der Waals surface area contributed by atoms with Gasteiger partial charge in [0.15, 0.2) is 0 Å². The minimum Gasteiger partial charge on any atom is -0.497 e. The van der Waals surface area contributed by atoms with Crippen LogP contribution in [0, 0.1) is 11.8 Å². The van der Waals surface area contributed by atoms with Gasteiger partial charge in [-0.2, -0.15) is 0 Å². The van der Waals surface area contributed by atoms with Crippen LogP contribution in [0.15, 0.2) is 42.0 Å². The Balaban J connectivity index is 2.10. The number of nitrogens with zero attached hydrogens (tertiary/aromatic N) is 1. The van der Waals surface area contributed by atoms with Crippen molar-refractivity contribution in [2.45, 2.75) is 40.0 Å². The first-order chi connectivity index (χ1) is 13.3. The molecule has 0 saturated carbocycles. The fraction of sp³-hybridized carbons (Fsp3) is 0.522. The van der Waals surface area contributed by atoms with Crippen molar-refractivity contribution < 1.29 is 14.3 Å². The van der Waals surface area contributed by atoms with E-state index in [1.165, 1.54) is 11.1 Å². The van der Waals surface area contributed by atoms with E-state index in [2.05, 4.69) is 38.7 Å². The molecule has 1 aromatic rings. The number of nitrogens with one attached hydrogen (secondary N) is 1. The Labute approximate surface area is 169 Å². The second-order valence-corrected chi connectivity index (χ2v) is 7.95. The van der Waals surface area contributed by atoms with Gasteiger partial charge in [0.25, 0.3) is 0 Å². The Morgan fingerprint density at radius 3 is 2.61 bits per heavy atom. The predicted octanol–water partition coefficient (Wildman–Crippen LogP) is 5.50. The first-order valence-electron chi connectivity index (χ1n) is 9.95. The topological polar surface area (TPSA) is 50.8 Å². The van der Waals surface area contributed by atoms with Crippen molar-refractivity contribution in [3.05, 3.63) is 42.0 Å². The number of carbonyl (C=O) groups is 1. The molecule has 1 aromatic carbocycles. The Morgan fingerprint density at radius 1 is 1.32 bits per heavy atom. The molecule has 1 atom stereocenters. The Morgan fingerprint density at radius 2 is 2.07 bits per heavy atom. The molecule has 0 radical (unpaired) electrons. The summed E-state index contributed by atoms with van der Waals surface area (Å²) in [4.78, 5) is 14.9. The fourth-order valence-corrected chi connectivity index (χ4v) is 3.48. The molecule has 0 aromatic heterocycles. The Kier molecular flexibility index (Phi) is 7.97. The maximum Gasteiger partial charge on any atom is 0.322 e. The van der Waals surface area contributed by atoms with E-state index in [1.54, 1.807) is 26.4 Å². The summed E-state index contributed by atoms with van der Waals surface area (Å²) in [5.74, 6) is 2.22. The van der Waals surface area contributed by atoms with E-state index in [4.69, 9.17) is 9.47 Å². The molecule has 5 nitrogen and oxygen atoms in total. The third-order valence-corrected chi connectivity index (χ3v) is 5.12. The first-order valence-corrected chi connectivity index (χ1v) is 9.95. The third-order valence-electron chi connectivity index (χ3n) is 5.12. The van der Waals surface area contributed by atoms with Gasteiger partial charge in [0.2, 0.25) is 0 Å². The molecule has 28 heavy (non-hydrogen) atoms. The number of methoxy groups -OCH3 is 2. The molecule has 1 unspecified atom stereocenters. The highest BCUT2D eigenvalue weighted by Gasteiger charge is 2.21. The second kappa shape index (κ2) is 10.2. The molecule has 2 rings (SSSR count). The van der Waals surface area contributed by atoms with E-state index in [1.807, 2.05) is 11.0 Å². The van der Waals surface area contributed by atoms with Gasteiger partial charge in [0.1, 0.15) is 11.5 Å². The lowest BCUT2D eigenvalue weighted by Gasteiger charge is -2.29. The molecule has 1 N–H and O–H groups in total. The van der Waals surface area contributed by atoms with Crippen LogP contribution in [-0.2, 0) is 0 Å². The van der Waals surface area contributed by atoms with Crippen LogP contribution in [0.4, 0.5) is 10.5 Å². The van der Waals surface area contributed by atoms with Crippen molar-refractivity contribution >= 4 is 11.7 Å². The maximum atomic E-state index is 13.0. The highest BCUT2D eigenvalue weighted by molar-refractivity contribution is 5.91. The molecule has 5 heteroatoms. The van der Waals surface area contributed by atoms with Gasteiger partial charge in [-0.15, -0.1) is 0 Å². The summed E-state index contributed by atoms with van der Waals surface area (Å²) in [6.45, 7) is 11.8. The van der Waals surface area contributed by atoms with Gasteiger partial charge in [-0.05, 0) is 50.2 Å². The number of rotatable bonds is 8. The first kappa shape index (κ1) is 21.9. The summed E-state index contributed by atoms with van der Waals surface area (Å²) in [5.41, 5.74) is 3.22. The maximum absolute atomic E-state index is 13.0. The van der Waals surface area contributed by atoms with Crippen molar-refractivity contribution in [2.75, 3.05) is 32.6 Å². The van der Waals surface area contributed by atoms with Crippen LogP contribution in [0.3, 0.4) is 0 Å². The molecular formula is C23H34N2O3. The third kappa shape index (κ3) is 6.04. The van der Waals surface area contributed by atoms with Gasteiger partial charge >= 0.3 is 6.03 Å². The van der Waals surface area contributed by atoms with Crippen LogP contribution in [0.25, 0.3) is 0 Å². The molecular weight excluding hydrogens is 352 g/mol. The SMILES string of the molecule is C=C(C)C1CC=C(CN(CC(C)C)C(=O)Nc2ccc(OC)cc2OC)CC1. The molecule has 0 heterocycles. The van der Waals surface area contributed by atoms with Crippen LogP contribution in [-0.4, -0.2) is 38.2 Å². The van der Waals surface area contributed by atoms with Crippen LogP contribution < -0.4 is 14.8 Å². The van der Waals surface area contributed by atoms with E-state index < -0.39 is 0 Å².